The predicted octanol–water partition coefficient (Wildman–Crippen LogP) is 5.52. The lowest BCUT2D eigenvalue weighted by atomic mass is 9.53. The molecule has 1 N–H and O–H groups in total. The Morgan fingerprint density at radius 2 is 1.92 bits per heavy atom. The number of halogens is 1. The van der Waals surface area contributed by atoms with E-state index in [9.17, 15) is 24.1 Å². The number of nitro benzene ring substituents is 1. The summed E-state index contributed by atoms with van der Waals surface area (Å²) in [5.74, 6) is 0.529. The SMILES string of the molecule is COc1cc2c(cc1OC)C13CCN4CC5=CCOC6CC(=O)N2C1C6C5CC43.Cc1ccc(F)c(-c2c(C(=O)O)cccc2[N+](=O)[O-])c1. The Morgan fingerprint density at radius 1 is 1.14 bits per heavy atom. The quantitative estimate of drug-likeness (QED) is 0.212. The number of fused-ring (bicyclic) bond motifs is 2. The van der Waals surface area contributed by atoms with E-state index in [1.54, 1.807) is 26.7 Å². The molecule has 5 heterocycles. The predicted molar refractivity (Wildman–Crippen MR) is 177 cm³/mol. The van der Waals surface area contributed by atoms with E-state index in [0.717, 1.165) is 43.1 Å². The van der Waals surface area contributed by atoms with Crippen LogP contribution in [0.4, 0.5) is 15.8 Å². The van der Waals surface area contributed by atoms with Crippen molar-refractivity contribution in [3.05, 3.63) is 92.8 Å². The van der Waals surface area contributed by atoms with Crippen molar-refractivity contribution in [2.24, 2.45) is 11.8 Å². The molecule has 3 saturated heterocycles. The van der Waals surface area contributed by atoms with Crippen LogP contribution in [0.5, 0.6) is 11.5 Å². The Morgan fingerprint density at radius 3 is 2.65 bits per heavy atom. The highest BCUT2D eigenvalue weighted by atomic mass is 19.1. The van der Waals surface area contributed by atoms with Crippen LogP contribution in [0, 0.1) is 34.7 Å². The fraction of sp³-hybridized carbons (Fsp3) is 0.405. The number of ether oxygens (including phenoxy) is 3. The second kappa shape index (κ2) is 11.4. The van der Waals surface area contributed by atoms with Gasteiger partial charge in [-0.1, -0.05) is 29.3 Å². The summed E-state index contributed by atoms with van der Waals surface area (Å²) >= 11 is 0. The maximum atomic E-state index is 13.9. The number of hydrogen-bond acceptors (Lipinski definition) is 8. The molecule has 3 aromatic rings. The molecule has 0 aromatic heterocycles. The third-order valence-corrected chi connectivity index (χ3v) is 11.7. The summed E-state index contributed by atoms with van der Waals surface area (Å²) in [4.78, 5) is 39.8. The van der Waals surface area contributed by atoms with Crippen LogP contribution in [0.25, 0.3) is 11.1 Å². The van der Waals surface area contributed by atoms with Crippen LogP contribution in [0.15, 0.2) is 60.2 Å². The summed E-state index contributed by atoms with van der Waals surface area (Å²) in [6, 6.07) is 12.6. The lowest BCUT2D eigenvalue weighted by Crippen LogP contribution is -2.69. The molecule has 3 aromatic carbocycles. The minimum Gasteiger partial charge on any atom is -0.493 e. The molecule has 254 valence electrons. The van der Waals surface area contributed by atoms with Gasteiger partial charge in [-0.3, -0.25) is 19.8 Å². The lowest BCUT2D eigenvalue weighted by molar-refractivity contribution is -0.384. The van der Waals surface area contributed by atoms with Crippen molar-refractivity contribution in [3.63, 3.8) is 0 Å². The van der Waals surface area contributed by atoms with E-state index >= 15 is 0 Å². The van der Waals surface area contributed by atoms with Crippen molar-refractivity contribution in [1.29, 1.82) is 0 Å². The smallest absolute Gasteiger partial charge is 0.336 e. The normalized spacial score (nSPS) is 28.5. The number of carboxylic acid groups (broad SMARTS) is 1. The van der Waals surface area contributed by atoms with Crippen LogP contribution >= 0.6 is 0 Å². The summed E-state index contributed by atoms with van der Waals surface area (Å²) in [5, 5.41) is 20.2. The molecule has 6 atom stereocenters. The third kappa shape index (κ3) is 4.46. The number of nitro groups is 1. The van der Waals surface area contributed by atoms with Crippen molar-refractivity contribution < 1.29 is 38.2 Å². The van der Waals surface area contributed by atoms with E-state index in [1.807, 2.05) is 6.07 Å². The number of hydrogen-bond donors (Lipinski definition) is 1. The van der Waals surface area contributed by atoms with Crippen LogP contribution in [0.2, 0.25) is 0 Å². The molecule has 12 heteroatoms. The maximum Gasteiger partial charge on any atom is 0.336 e. The van der Waals surface area contributed by atoms with Crippen molar-refractivity contribution in [2.45, 2.75) is 49.8 Å². The second-order valence-corrected chi connectivity index (χ2v) is 13.7. The van der Waals surface area contributed by atoms with Gasteiger partial charge in [0.2, 0.25) is 5.91 Å². The number of benzene rings is 3. The summed E-state index contributed by atoms with van der Waals surface area (Å²) in [7, 11) is 3.36. The fourth-order valence-electron chi connectivity index (χ4n) is 9.86. The van der Waals surface area contributed by atoms with Gasteiger partial charge < -0.3 is 24.2 Å². The highest BCUT2D eigenvalue weighted by Crippen LogP contribution is 2.66. The van der Waals surface area contributed by atoms with Gasteiger partial charge in [0.15, 0.2) is 11.5 Å². The second-order valence-electron chi connectivity index (χ2n) is 13.7. The number of carboxylic acids is 1. The Balaban J connectivity index is 0.000000154. The monoisotopic (exact) mass is 669 g/mol. The Bertz CT molecular complexity index is 1930. The van der Waals surface area contributed by atoms with Gasteiger partial charge in [-0.2, -0.15) is 0 Å². The average molecular weight is 670 g/mol. The summed E-state index contributed by atoms with van der Waals surface area (Å²) in [6.07, 6.45) is 5.11. The molecular weight excluding hydrogens is 633 g/mol. The number of carbonyl (C=O) groups excluding carboxylic acids is 1. The van der Waals surface area contributed by atoms with Gasteiger partial charge in [0, 0.05) is 41.6 Å². The molecule has 9 rings (SSSR count). The van der Waals surface area contributed by atoms with Crippen molar-refractivity contribution in [2.75, 3.05) is 38.8 Å². The first-order valence-corrected chi connectivity index (χ1v) is 16.5. The van der Waals surface area contributed by atoms with E-state index in [0.29, 0.717) is 42.2 Å². The zero-order chi connectivity index (χ0) is 34.4. The number of nitrogens with zero attached hydrogens (tertiary/aromatic N) is 3. The Kier molecular flexibility index (Phi) is 7.31. The fourth-order valence-corrected chi connectivity index (χ4v) is 9.86. The number of aromatic carboxylic acids is 1. The van der Waals surface area contributed by atoms with Crippen LogP contribution < -0.4 is 14.4 Å². The first kappa shape index (κ1) is 31.5. The number of rotatable bonds is 5. The zero-order valence-corrected chi connectivity index (χ0v) is 27.4. The van der Waals surface area contributed by atoms with E-state index in [1.165, 1.54) is 36.2 Å². The van der Waals surface area contributed by atoms with E-state index in [-0.39, 0.29) is 40.2 Å². The van der Waals surface area contributed by atoms with Crippen molar-refractivity contribution in [1.82, 2.24) is 4.90 Å². The standard InChI is InChI=1S/C23H26N2O4.C14H10FNO4/c1-27-16-8-14-15(9-17(16)28-2)25-20(26)10-18-21-13-7-19-23(14,22(21)25)4-5-24(19)11-12(13)3-6-29-18;1-8-5-6-11(15)10(7-8)13-9(14(17)18)3-2-4-12(13)16(19)20/h3,8-9,13,18-19,21-22H,4-7,10-11H2,1-2H3;2-7H,1H3,(H,17,18). The molecule has 1 amide bonds. The number of amides is 1. The molecule has 0 radical (unpaired) electrons. The molecule has 2 bridgehead atoms. The highest BCUT2D eigenvalue weighted by Gasteiger charge is 2.71. The summed E-state index contributed by atoms with van der Waals surface area (Å²) < 4.78 is 31.5. The van der Waals surface area contributed by atoms with Crippen LogP contribution in [-0.2, 0) is 14.9 Å². The van der Waals surface area contributed by atoms with Gasteiger partial charge in [-0.25, -0.2) is 9.18 Å². The molecule has 1 spiro atoms. The van der Waals surface area contributed by atoms with Crippen molar-refractivity contribution in [3.8, 4) is 22.6 Å². The maximum absolute atomic E-state index is 13.9. The van der Waals surface area contributed by atoms with Gasteiger partial charge >= 0.3 is 5.97 Å². The number of piperidine rings is 2. The molecule has 5 aliphatic heterocycles. The molecule has 4 fully saturated rings. The van der Waals surface area contributed by atoms with Gasteiger partial charge in [-0.15, -0.1) is 0 Å². The van der Waals surface area contributed by atoms with E-state index in [4.69, 9.17) is 19.3 Å². The lowest BCUT2D eigenvalue weighted by Gasteiger charge is -2.58. The number of methoxy groups -OCH3 is 2. The van der Waals surface area contributed by atoms with Crippen LogP contribution in [0.3, 0.4) is 0 Å². The first-order chi connectivity index (χ1) is 23.6. The largest absolute Gasteiger partial charge is 0.493 e. The minimum absolute atomic E-state index is 0.0242. The first-order valence-electron chi connectivity index (χ1n) is 16.5. The van der Waals surface area contributed by atoms with Gasteiger partial charge in [0.05, 0.1) is 61.1 Å². The molecule has 11 nitrogen and oxygen atoms in total. The molecule has 6 aliphatic rings. The summed E-state index contributed by atoms with van der Waals surface area (Å²) in [5.41, 5.74) is 3.49. The number of carbonyl (C=O) groups is 2. The van der Waals surface area contributed by atoms with E-state index < -0.39 is 22.4 Å². The molecule has 49 heavy (non-hydrogen) atoms. The highest BCUT2D eigenvalue weighted by molar-refractivity contribution is 6.00. The molecular formula is C37H36FN3O8. The third-order valence-electron chi connectivity index (χ3n) is 11.7. The van der Waals surface area contributed by atoms with Crippen molar-refractivity contribution >= 4 is 23.3 Å². The van der Waals surface area contributed by atoms with Crippen LogP contribution in [-0.4, -0.2) is 78.9 Å². The number of anilines is 1. The average Bonchev–Trinajstić information content (AvgIpc) is 3.56. The van der Waals surface area contributed by atoms with Gasteiger partial charge in [0.1, 0.15) is 5.82 Å². The van der Waals surface area contributed by atoms with Gasteiger partial charge in [0.25, 0.3) is 5.69 Å². The Hall–Kier alpha value is -4.81. The molecule has 1 saturated carbocycles. The summed E-state index contributed by atoms with van der Waals surface area (Å²) in [6.45, 7) is 4.50. The molecule has 1 aliphatic carbocycles. The Labute approximate surface area is 282 Å². The minimum atomic E-state index is -1.34. The molecule has 6 unspecified atom stereocenters. The zero-order valence-electron chi connectivity index (χ0n) is 27.4. The van der Waals surface area contributed by atoms with Crippen LogP contribution in [0.1, 0.15) is 40.7 Å². The van der Waals surface area contributed by atoms with Gasteiger partial charge in [-0.05, 0) is 62.1 Å². The topological polar surface area (TPSA) is 132 Å². The van der Waals surface area contributed by atoms with E-state index in [2.05, 4.69) is 21.9 Å². The number of aryl methyl sites for hydroxylation is 1.